The molecule has 0 spiro atoms. The number of benzene rings is 2. The van der Waals surface area contributed by atoms with Crippen LogP contribution in [0.4, 0.5) is 0 Å². The average molecular weight is 259 g/mol. The third kappa shape index (κ3) is 2.69. The van der Waals surface area contributed by atoms with Crippen LogP contribution in [0.2, 0.25) is 0 Å². The van der Waals surface area contributed by atoms with Crippen LogP contribution in [0.1, 0.15) is 5.56 Å². The molecule has 0 aliphatic heterocycles. The van der Waals surface area contributed by atoms with Gasteiger partial charge in [-0.25, -0.2) is 0 Å². The number of carbonyl (C=O) groups is 1. The summed E-state index contributed by atoms with van der Waals surface area (Å²) in [5.41, 5.74) is 6.44. The molecule has 4 nitrogen and oxygen atoms in total. The maximum absolute atomic E-state index is 11.1. The summed E-state index contributed by atoms with van der Waals surface area (Å²) in [5, 5.41) is 11.2. The maximum atomic E-state index is 11.1. The van der Waals surface area contributed by atoms with Gasteiger partial charge >= 0.3 is 5.97 Å². The zero-order chi connectivity index (χ0) is 13.8. The van der Waals surface area contributed by atoms with E-state index < -0.39 is 11.9 Å². The van der Waals surface area contributed by atoms with E-state index in [0.29, 0.717) is 12.2 Å². The summed E-state index contributed by atoms with van der Waals surface area (Å²) in [7, 11) is 1.59. The van der Waals surface area contributed by atoms with Gasteiger partial charge in [0.05, 0.1) is 13.0 Å². The van der Waals surface area contributed by atoms with Crippen molar-refractivity contribution in [1.29, 1.82) is 0 Å². The molecule has 0 heterocycles. The molecule has 1 atom stereocenters. The Bertz CT molecular complexity index is 595. The molecule has 1 unspecified atom stereocenters. The van der Waals surface area contributed by atoms with Crippen molar-refractivity contribution in [3.05, 3.63) is 42.0 Å². The number of hydrogen-bond donors (Lipinski definition) is 2. The van der Waals surface area contributed by atoms with Gasteiger partial charge in [0.15, 0.2) is 0 Å². The number of carboxylic acids is 1. The van der Waals surface area contributed by atoms with Crippen molar-refractivity contribution in [3.63, 3.8) is 0 Å². The Morgan fingerprint density at radius 2 is 2.05 bits per heavy atom. The van der Waals surface area contributed by atoms with Gasteiger partial charge in [0.25, 0.3) is 0 Å². The fourth-order valence-corrected chi connectivity index (χ4v) is 2.24. The van der Waals surface area contributed by atoms with E-state index in [1.807, 2.05) is 36.4 Å². The molecule has 0 bridgehead atoms. The molecule has 0 saturated carbocycles. The SMILES string of the molecule is COc1ccc2ccccc2c1CC(CN)C(=O)O. The van der Waals surface area contributed by atoms with E-state index in [2.05, 4.69) is 0 Å². The Kier molecular flexibility index (Phi) is 4.02. The van der Waals surface area contributed by atoms with Gasteiger partial charge in [-0.15, -0.1) is 0 Å². The number of carboxylic acid groups (broad SMARTS) is 1. The van der Waals surface area contributed by atoms with E-state index in [-0.39, 0.29) is 6.54 Å². The summed E-state index contributed by atoms with van der Waals surface area (Å²) in [6, 6.07) is 11.7. The number of fused-ring (bicyclic) bond motifs is 1. The predicted molar refractivity (Wildman–Crippen MR) is 74.4 cm³/mol. The first-order valence-corrected chi connectivity index (χ1v) is 6.15. The molecule has 4 heteroatoms. The Labute approximate surface area is 111 Å². The van der Waals surface area contributed by atoms with Crippen molar-refractivity contribution < 1.29 is 14.6 Å². The molecule has 100 valence electrons. The topological polar surface area (TPSA) is 72.5 Å². The average Bonchev–Trinajstić information content (AvgIpc) is 2.44. The highest BCUT2D eigenvalue weighted by Crippen LogP contribution is 2.30. The lowest BCUT2D eigenvalue weighted by molar-refractivity contribution is -0.141. The van der Waals surface area contributed by atoms with Gasteiger partial charge < -0.3 is 15.6 Å². The van der Waals surface area contributed by atoms with Crippen molar-refractivity contribution in [2.24, 2.45) is 11.7 Å². The molecule has 0 radical (unpaired) electrons. The molecule has 19 heavy (non-hydrogen) atoms. The number of aliphatic carboxylic acids is 1. The summed E-state index contributed by atoms with van der Waals surface area (Å²) in [6.45, 7) is 0.113. The van der Waals surface area contributed by atoms with Gasteiger partial charge in [0, 0.05) is 12.1 Å². The number of ether oxygens (including phenoxy) is 1. The summed E-state index contributed by atoms with van der Waals surface area (Å²) in [6.07, 6.45) is 0.371. The van der Waals surface area contributed by atoms with E-state index in [4.69, 9.17) is 15.6 Å². The number of methoxy groups -OCH3 is 1. The Morgan fingerprint density at radius 3 is 2.68 bits per heavy atom. The fraction of sp³-hybridized carbons (Fsp3) is 0.267. The Balaban J connectivity index is 2.52. The highest BCUT2D eigenvalue weighted by atomic mass is 16.5. The van der Waals surface area contributed by atoms with Crippen molar-refractivity contribution in [2.75, 3.05) is 13.7 Å². The summed E-state index contributed by atoms with van der Waals surface area (Å²) in [4.78, 5) is 11.1. The lowest BCUT2D eigenvalue weighted by Crippen LogP contribution is -2.25. The lowest BCUT2D eigenvalue weighted by Gasteiger charge is -2.15. The van der Waals surface area contributed by atoms with Crippen LogP contribution < -0.4 is 10.5 Å². The molecular formula is C15H17NO3. The van der Waals surface area contributed by atoms with Crippen LogP contribution in [0.5, 0.6) is 5.75 Å². The summed E-state index contributed by atoms with van der Waals surface area (Å²) >= 11 is 0. The highest BCUT2D eigenvalue weighted by Gasteiger charge is 2.19. The zero-order valence-electron chi connectivity index (χ0n) is 10.8. The number of nitrogens with two attached hydrogens (primary N) is 1. The monoisotopic (exact) mass is 259 g/mol. The minimum atomic E-state index is -0.877. The molecule has 2 aromatic carbocycles. The van der Waals surface area contributed by atoms with Crippen LogP contribution in [0, 0.1) is 5.92 Å². The molecule has 0 amide bonds. The highest BCUT2D eigenvalue weighted by molar-refractivity contribution is 5.88. The van der Waals surface area contributed by atoms with Crippen molar-refractivity contribution >= 4 is 16.7 Å². The van der Waals surface area contributed by atoms with Crippen LogP contribution in [0.25, 0.3) is 10.8 Å². The molecule has 0 fully saturated rings. The minimum Gasteiger partial charge on any atom is -0.496 e. The van der Waals surface area contributed by atoms with Gasteiger partial charge in [-0.2, -0.15) is 0 Å². The Morgan fingerprint density at radius 1 is 1.32 bits per heavy atom. The third-order valence-electron chi connectivity index (χ3n) is 3.30. The van der Waals surface area contributed by atoms with Gasteiger partial charge in [0.1, 0.15) is 5.75 Å². The van der Waals surface area contributed by atoms with E-state index in [9.17, 15) is 4.79 Å². The van der Waals surface area contributed by atoms with Gasteiger partial charge in [0.2, 0.25) is 0 Å². The summed E-state index contributed by atoms with van der Waals surface area (Å²) < 4.78 is 5.34. The van der Waals surface area contributed by atoms with E-state index in [1.54, 1.807) is 7.11 Å². The van der Waals surface area contributed by atoms with E-state index in [1.165, 1.54) is 0 Å². The molecule has 2 aromatic rings. The minimum absolute atomic E-state index is 0.113. The van der Waals surface area contributed by atoms with Crippen molar-refractivity contribution in [1.82, 2.24) is 0 Å². The van der Waals surface area contributed by atoms with Gasteiger partial charge in [-0.3, -0.25) is 4.79 Å². The van der Waals surface area contributed by atoms with Crippen LogP contribution in [0.3, 0.4) is 0 Å². The Hall–Kier alpha value is -2.07. The standard InChI is InChI=1S/C15H17NO3/c1-19-14-7-6-10-4-2-3-5-12(10)13(14)8-11(9-16)15(17)18/h2-7,11H,8-9,16H2,1H3,(H,17,18). The van der Waals surface area contributed by atoms with E-state index >= 15 is 0 Å². The third-order valence-corrected chi connectivity index (χ3v) is 3.30. The molecule has 2 rings (SSSR count). The van der Waals surface area contributed by atoms with Crippen molar-refractivity contribution in [3.8, 4) is 5.75 Å². The normalized spacial score (nSPS) is 12.3. The molecule has 0 aliphatic rings. The molecular weight excluding hydrogens is 242 g/mol. The van der Waals surface area contributed by atoms with Crippen LogP contribution in [-0.4, -0.2) is 24.7 Å². The maximum Gasteiger partial charge on any atom is 0.308 e. The first-order chi connectivity index (χ1) is 9.17. The first-order valence-electron chi connectivity index (χ1n) is 6.15. The van der Waals surface area contributed by atoms with Crippen LogP contribution >= 0.6 is 0 Å². The second-order valence-corrected chi connectivity index (χ2v) is 4.44. The van der Waals surface area contributed by atoms with Gasteiger partial charge in [-0.05, 0) is 23.3 Å². The predicted octanol–water partition coefficient (Wildman–Crippen LogP) is 2.05. The van der Waals surface area contributed by atoms with E-state index in [0.717, 1.165) is 16.3 Å². The van der Waals surface area contributed by atoms with Crippen LogP contribution in [0.15, 0.2) is 36.4 Å². The smallest absolute Gasteiger partial charge is 0.308 e. The second kappa shape index (κ2) is 5.71. The van der Waals surface area contributed by atoms with Crippen molar-refractivity contribution in [2.45, 2.75) is 6.42 Å². The zero-order valence-corrected chi connectivity index (χ0v) is 10.8. The number of hydrogen-bond acceptors (Lipinski definition) is 3. The molecule has 0 saturated heterocycles. The number of rotatable bonds is 5. The molecule has 3 N–H and O–H groups in total. The largest absolute Gasteiger partial charge is 0.496 e. The lowest BCUT2D eigenvalue weighted by atomic mass is 9.94. The summed E-state index contributed by atoms with van der Waals surface area (Å²) in [5.74, 6) is -0.768. The first kappa shape index (κ1) is 13.4. The quantitative estimate of drug-likeness (QED) is 0.862. The molecule has 0 aromatic heterocycles. The fourth-order valence-electron chi connectivity index (χ4n) is 2.24. The van der Waals surface area contributed by atoms with Gasteiger partial charge in [-0.1, -0.05) is 30.3 Å². The second-order valence-electron chi connectivity index (χ2n) is 4.44. The molecule has 0 aliphatic carbocycles. The van der Waals surface area contributed by atoms with Crippen LogP contribution in [-0.2, 0) is 11.2 Å².